The minimum Gasteiger partial charge on any atom is -0.324 e. The van der Waals surface area contributed by atoms with E-state index in [1.165, 1.54) is 10.4 Å². The fourth-order valence-electron chi connectivity index (χ4n) is 1.84. The highest BCUT2D eigenvalue weighted by atomic mass is 79.9. The molecule has 0 spiro atoms. The second kappa shape index (κ2) is 5.53. The quantitative estimate of drug-likeness (QED) is 0.866. The Morgan fingerprint density at radius 1 is 1.35 bits per heavy atom. The van der Waals surface area contributed by atoms with E-state index in [2.05, 4.69) is 28.1 Å². The van der Waals surface area contributed by atoms with Crippen molar-refractivity contribution >= 4 is 38.9 Å². The molecule has 0 saturated heterocycles. The molecule has 1 nitrogen and oxygen atoms in total. The van der Waals surface area contributed by atoms with Crippen molar-refractivity contribution in [2.75, 3.05) is 0 Å². The number of hydrogen-bond donors (Lipinski definition) is 1. The molecule has 0 aliphatic rings. The summed E-state index contributed by atoms with van der Waals surface area (Å²) in [5.41, 5.74) is 8.55. The third-order valence-electron chi connectivity index (χ3n) is 2.68. The summed E-state index contributed by atoms with van der Waals surface area (Å²) < 4.78 is 1.15. The zero-order chi connectivity index (χ0) is 12.4. The van der Waals surface area contributed by atoms with Gasteiger partial charge in [-0.2, -0.15) is 0 Å². The molecule has 0 aliphatic carbocycles. The standard InChI is InChI=1S/C13H13BrClNS/c1-8-6-9(15)2-4-11(8)12(16)7-10-3-5-13(14)17-10/h2-6,12H,7,16H2,1H3. The number of halogens is 2. The Kier molecular flexibility index (Phi) is 4.26. The smallest absolute Gasteiger partial charge is 0.0701 e. The fourth-order valence-corrected chi connectivity index (χ4v) is 3.61. The monoisotopic (exact) mass is 329 g/mol. The van der Waals surface area contributed by atoms with Crippen LogP contribution in [0.3, 0.4) is 0 Å². The highest BCUT2D eigenvalue weighted by Gasteiger charge is 2.11. The van der Waals surface area contributed by atoms with Crippen LogP contribution in [0, 0.1) is 6.92 Å². The maximum absolute atomic E-state index is 6.24. The zero-order valence-electron chi connectivity index (χ0n) is 9.41. The normalized spacial score (nSPS) is 12.7. The lowest BCUT2D eigenvalue weighted by Crippen LogP contribution is -2.13. The van der Waals surface area contributed by atoms with Gasteiger partial charge in [0.05, 0.1) is 3.79 Å². The van der Waals surface area contributed by atoms with Crippen LogP contribution in [-0.4, -0.2) is 0 Å². The molecule has 2 aromatic rings. The molecule has 1 heterocycles. The summed E-state index contributed by atoms with van der Waals surface area (Å²) in [6.07, 6.45) is 0.860. The van der Waals surface area contributed by atoms with Crippen LogP contribution in [0.2, 0.25) is 5.02 Å². The Bertz CT molecular complexity index is 524. The lowest BCUT2D eigenvalue weighted by atomic mass is 9.99. The second-order valence-corrected chi connectivity index (χ2v) is 7.00. The molecular weight excluding hydrogens is 318 g/mol. The molecule has 2 N–H and O–H groups in total. The molecule has 0 fully saturated rings. The van der Waals surface area contributed by atoms with E-state index in [1.54, 1.807) is 11.3 Å². The minimum absolute atomic E-state index is 0.0258. The molecule has 2 rings (SSSR count). The first-order chi connectivity index (χ1) is 8.06. The van der Waals surface area contributed by atoms with Gasteiger partial charge in [-0.25, -0.2) is 0 Å². The van der Waals surface area contributed by atoms with E-state index in [1.807, 2.05) is 25.1 Å². The summed E-state index contributed by atoms with van der Waals surface area (Å²) in [5.74, 6) is 0. The average Bonchev–Trinajstić information content (AvgIpc) is 2.63. The van der Waals surface area contributed by atoms with Gasteiger partial charge in [0, 0.05) is 22.4 Å². The molecule has 90 valence electrons. The van der Waals surface area contributed by atoms with Crippen LogP contribution in [0.5, 0.6) is 0 Å². The van der Waals surface area contributed by atoms with Crippen LogP contribution in [0.1, 0.15) is 22.0 Å². The summed E-state index contributed by atoms with van der Waals surface area (Å²) >= 11 is 11.1. The van der Waals surface area contributed by atoms with Crippen molar-refractivity contribution in [3.8, 4) is 0 Å². The average molecular weight is 331 g/mol. The van der Waals surface area contributed by atoms with Crippen LogP contribution >= 0.6 is 38.9 Å². The molecule has 0 aliphatic heterocycles. The van der Waals surface area contributed by atoms with Gasteiger partial charge in [0.25, 0.3) is 0 Å². The van der Waals surface area contributed by atoms with Gasteiger partial charge in [0.15, 0.2) is 0 Å². The van der Waals surface area contributed by atoms with Gasteiger partial charge in [-0.1, -0.05) is 17.7 Å². The fraction of sp³-hybridized carbons (Fsp3) is 0.231. The summed E-state index contributed by atoms with van der Waals surface area (Å²) in [7, 11) is 0. The molecule has 0 radical (unpaired) electrons. The number of benzene rings is 1. The van der Waals surface area contributed by atoms with E-state index in [0.29, 0.717) is 0 Å². The largest absolute Gasteiger partial charge is 0.324 e. The first-order valence-electron chi connectivity index (χ1n) is 5.32. The zero-order valence-corrected chi connectivity index (χ0v) is 12.6. The van der Waals surface area contributed by atoms with Gasteiger partial charge >= 0.3 is 0 Å². The number of rotatable bonds is 3. The maximum Gasteiger partial charge on any atom is 0.0701 e. The Morgan fingerprint density at radius 2 is 2.12 bits per heavy atom. The molecule has 0 saturated carbocycles. The molecule has 1 aromatic carbocycles. The first kappa shape index (κ1) is 13.1. The lowest BCUT2D eigenvalue weighted by molar-refractivity contribution is 0.725. The highest BCUT2D eigenvalue weighted by molar-refractivity contribution is 9.11. The van der Waals surface area contributed by atoms with E-state index in [0.717, 1.165) is 20.8 Å². The number of aryl methyl sites for hydroxylation is 1. The molecule has 0 amide bonds. The Hall–Kier alpha value is -0.350. The van der Waals surface area contributed by atoms with Crippen molar-refractivity contribution in [3.05, 3.63) is 55.1 Å². The summed E-state index contributed by atoms with van der Waals surface area (Å²) in [6.45, 7) is 2.05. The van der Waals surface area contributed by atoms with Crippen LogP contribution in [0.15, 0.2) is 34.1 Å². The number of thiophene rings is 1. The van der Waals surface area contributed by atoms with Gasteiger partial charge in [0.2, 0.25) is 0 Å². The Morgan fingerprint density at radius 3 is 2.71 bits per heavy atom. The van der Waals surface area contributed by atoms with E-state index in [4.69, 9.17) is 17.3 Å². The molecule has 17 heavy (non-hydrogen) atoms. The molecule has 1 atom stereocenters. The van der Waals surface area contributed by atoms with Crippen LogP contribution < -0.4 is 5.73 Å². The predicted octanol–water partition coefficient (Wildman–Crippen LogP) is 4.71. The van der Waals surface area contributed by atoms with Crippen molar-refractivity contribution in [1.29, 1.82) is 0 Å². The lowest BCUT2D eigenvalue weighted by Gasteiger charge is -2.14. The number of nitrogens with two attached hydrogens (primary N) is 1. The second-order valence-electron chi connectivity index (χ2n) is 4.02. The molecule has 0 bridgehead atoms. The Balaban J connectivity index is 2.17. The van der Waals surface area contributed by atoms with Gasteiger partial charge in [-0.05, 0) is 58.2 Å². The maximum atomic E-state index is 6.24. The number of hydrogen-bond acceptors (Lipinski definition) is 2. The topological polar surface area (TPSA) is 26.0 Å². The predicted molar refractivity (Wildman–Crippen MR) is 78.8 cm³/mol. The van der Waals surface area contributed by atoms with Crippen molar-refractivity contribution in [1.82, 2.24) is 0 Å². The van der Waals surface area contributed by atoms with Gasteiger partial charge < -0.3 is 5.73 Å². The van der Waals surface area contributed by atoms with E-state index in [9.17, 15) is 0 Å². The first-order valence-corrected chi connectivity index (χ1v) is 7.31. The summed E-state index contributed by atoms with van der Waals surface area (Å²) in [5, 5.41) is 0.761. The van der Waals surface area contributed by atoms with Crippen molar-refractivity contribution in [2.24, 2.45) is 5.73 Å². The third kappa shape index (κ3) is 3.32. The van der Waals surface area contributed by atoms with Crippen molar-refractivity contribution in [3.63, 3.8) is 0 Å². The van der Waals surface area contributed by atoms with Crippen molar-refractivity contribution < 1.29 is 0 Å². The van der Waals surface area contributed by atoms with Crippen LogP contribution in [0.4, 0.5) is 0 Å². The minimum atomic E-state index is 0.0258. The summed E-state index contributed by atoms with van der Waals surface area (Å²) in [6, 6.07) is 10.1. The van der Waals surface area contributed by atoms with Gasteiger partial charge in [0.1, 0.15) is 0 Å². The van der Waals surface area contributed by atoms with Crippen LogP contribution in [-0.2, 0) is 6.42 Å². The van der Waals surface area contributed by atoms with E-state index < -0.39 is 0 Å². The van der Waals surface area contributed by atoms with Crippen molar-refractivity contribution in [2.45, 2.75) is 19.4 Å². The molecule has 1 aromatic heterocycles. The molecule has 1 unspecified atom stereocenters. The third-order valence-corrected chi connectivity index (χ3v) is 4.56. The molecule has 4 heteroatoms. The Labute approximate surface area is 119 Å². The highest BCUT2D eigenvalue weighted by Crippen LogP contribution is 2.27. The SMILES string of the molecule is Cc1cc(Cl)ccc1C(N)Cc1ccc(Br)s1. The van der Waals surface area contributed by atoms with E-state index in [-0.39, 0.29) is 6.04 Å². The summed E-state index contributed by atoms with van der Waals surface area (Å²) in [4.78, 5) is 1.29. The molecular formula is C13H13BrClNS. The van der Waals surface area contributed by atoms with Gasteiger partial charge in [-0.15, -0.1) is 11.3 Å². The van der Waals surface area contributed by atoms with Crippen LogP contribution in [0.25, 0.3) is 0 Å². The van der Waals surface area contributed by atoms with Gasteiger partial charge in [-0.3, -0.25) is 0 Å². The van der Waals surface area contributed by atoms with E-state index >= 15 is 0 Å².